The second-order valence-corrected chi connectivity index (χ2v) is 5.04. The molecule has 16 heavy (non-hydrogen) atoms. The maximum Gasteiger partial charge on any atom is 0.322 e. The monoisotopic (exact) mass is 226 g/mol. The van der Waals surface area contributed by atoms with E-state index in [1.165, 1.54) is 21.0 Å². The fourth-order valence-corrected chi connectivity index (χ4v) is 1.13. The number of carbonyl (C=O) groups is 1. The van der Waals surface area contributed by atoms with Gasteiger partial charge in [-0.3, -0.25) is 4.79 Å². The van der Waals surface area contributed by atoms with Gasteiger partial charge in [-0.2, -0.15) is 10.0 Å². The SMILES string of the molecule is COC(=O)C(C)(C)/C(C#N)=[N+](\[O-])C(C)(C)C. The normalized spacial score (nSPS) is 13.8. The van der Waals surface area contributed by atoms with Crippen LogP contribution >= 0.6 is 0 Å². The second-order valence-electron chi connectivity index (χ2n) is 5.04. The Bertz CT molecular complexity index is 356. The Hall–Kier alpha value is -1.57. The number of hydrogen-bond acceptors (Lipinski definition) is 4. The summed E-state index contributed by atoms with van der Waals surface area (Å²) >= 11 is 0. The first kappa shape index (κ1) is 14.4. The number of esters is 1. The summed E-state index contributed by atoms with van der Waals surface area (Å²) < 4.78 is 5.14. The Morgan fingerprint density at radius 3 is 2.00 bits per heavy atom. The van der Waals surface area contributed by atoms with Crippen LogP contribution in [0.2, 0.25) is 0 Å². The number of nitrogens with zero attached hydrogens (tertiary/aromatic N) is 2. The number of hydroxylamine groups is 1. The fraction of sp³-hybridized carbons (Fsp3) is 0.727. The minimum absolute atomic E-state index is 0.146. The molecular weight excluding hydrogens is 208 g/mol. The van der Waals surface area contributed by atoms with E-state index in [0.717, 1.165) is 0 Å². The van der Waals surface area contributed by atoms with E-state index in [1.54, 1.807) is 26.8 Å². The highest BCUT2D eigenvalue weighted by molar-refractivity contribution is 6.11. The quantitative estimate of drug-likeness (QED) is 0.235. The predicted octanol–water partition coefficient (Wildman–Crippen LogP) is 1.46. The van der Waals surface area contributed by atoms with Gasteiger partial charge in [0.15, 0.2) is 17.0 Å². The lowest BCUT2D eigenvalue weighted by Crippen LogP contribution is -2.43. The standard InChI is InChI=1S/C11H18N2O3/c1-10(2,3)13(15)8(7-12)11(4,5)9(14)16-6/h1-6H3/b13-8-. The Morgan fingerprint density at radius 1 is 1.31 bits per heavy atom. The van der Waals surface area contributed by atoms with Crippen LogP contribution in [0.5, 0.6) is 0 Å². The molecule has 0 aromatic rings. The zero-order chi connectivity index (χ0) is 13.1. The first-order chi connectivity index (χ1) is 7.08. The van der Waals surface area contributed by atoms with E-state index in [2.05, 4.69) is 4.74 Å². The first-order valence-corrected chi connectivity index (χ1v) is 4.92. The van der Waals surface area contributed by atoms with Crippen molar-refractivity contribution in [3.63, 3.8) is 0 Å². The van der Waals surface area contributed by atoms with E-state index in [-0.39, 0.29) is 5.71 Å². The van der Waals surface area contributed by atoms with Gasteiger partial charge in [-0.25, -0.2) is 0 Å². The zero-order valence-corrected chi connectivity index (χ0v) is 10.6. The molecule has 0 saturated heterocycles. The number of methoxy groups -OCH3 is 1. The molecule has 0 rings (SSSR count). The van der Waals surface area contributed by atoms with Crippen molar-refractivity contribution < 1.29 is 14.3 Å². The number of ether oxygens (including phenoxy) is 1. The Kier molecular flexibility index (Phi) is 4.07. The molecule has 0 aliphatic carbocycles. The molecule has 0 bridgehead atoms. The van der Waals surface area contributed by atoms with E-state index >= 15 is 0 Å². The molecule has 0 aromatic carbocycles. The number of rotatable bonds is 2. The third-order valence-corrected chi connectivity index (χ3v) is 2.21. The second kappa shape index (κ2) is 4.52. The summed E-state index contributed by atoms with van der Waals surface area (Å²) in [6, 6.07) is 1.79. The van der Waals surface area contributed by atoms with E-state index in [0.29, 0.717) is 4.74 Å². The zero-order valence-electron chi connectivity index (χ0n) is 10.6. The Labute approximate surface area is 95.9 Å². The third kappa shape index (κ3) is 2.72. The molecule has 0 atom stereocenters. The molecule has 90 valence electrons. The van der Waals surface area contributed by atoms with Crippen LogP contribution in [0.25, 0.3) is 0 Å². The lowest BCUT2D eigenvalue weighted by Gasteiger charge is -2.25. The van der Waals surface area contributed by atoms with Gasteiger partial charge in [0.05, 0.1) is 7.11 Å². The minimum Gasteiger partial charge on any atom is -0.623 e. The molecule has 0 radical (unpaired) electrons. The van der Waals surface area contributed by atoms with Crippen molar-refractivity contribution in [2.24, 2.45) is 5.41 Å². The number of carbonyl (C=O) groups excluding carboxylic acids is 1. The molecule has 5 nitrogen and oxygen atoms in total. The van der Waals surface area contributed by atoms with Gasteiger partial charge in [-0.05, 0) is 13.8 Å². The number of nitriles is 1. The van der Waals surface area contributed by atoms with Crippen molar-refractivity contribution in [2.75, 3.05) is 7.11 Å². The molecule has 5 heteroatoms. The summed E-state index contributed by atoms with van der Waals surface area (Å²) in [5.74, 6) is -0.603. The molecular formula is C11H18N2O3. The van der Waals surface area contributed by atoms with Gasteiger partial charge in [-0.1, -0.05) is 0 Å². The third-order valence-electron chi connectivity index (χ3n) is 2.21. The van der Waals surface area contributed by atoms with E-state index in [9.17, 15) is 10.0 Å². The van der Waals surface area contributed by atoms with Crippen molar-refractivity contribution in [1.29, 1.82) is 5.26 Å². The summed E-state index contributed by atoms with van der Waals surface area (Å²) in [5, 5.41) is 20.9. The molecule has 0 aromatic heterocycles. The van der Waals surface area contributed by atoms with Crippen molar-refractivity contribution in [3.05, 3.63) is 5.21 Å². The van der Waals surface area contributed by atoms with Crippen LogP contribution in [0.1, 0.15) is 34.6 Å². The van der Waals surface area contributed by atoms with Gasteiger partial charge >= 0.3 is 5.97 Å². The summed E-state index contributed by atoms with van der Waals surface area (Å²) in [4.78, 5) is 11.5. The lowest BCUT2D eigenvalue weighted by molar-refractivity contribution is -0.537. The van der Waals surface area contributed by atoms with Crippen molar-refractivity contribution in [2.45, 2.75) is 40.2 Å². The van der Waals surface area contributed by atoms with Crippen LogP contribution in [-0.2, 0) is 9.53 Å². The van der Waals surface area contributed by atoms with Crippen LogP contribution in [-0.4, -0.2) is 29.1 Å². The van der Waals surface area contributed by atoms with Crippen molar-refractivity contribution in [1.82, 2.24) is 0 Å². The van der Waals surface area contributed by atoms with Crippen molar-refractivity contribution in [3.8, 4) is 6.07 Å². The molecule has 0 aliphatic rings. The molecule has 0 heterocycles. The van der Waals surface area contributed by atoms with Crippen LogP contribution in [0.3, 0.4) is 0 Å². The lowest BCUT2D eigenvalue weighted by atomic mass is 9.87. The van der Waals surface area contributed by atoms with Crippen molar-refractivity contribution >= 4 is 11.7 Å². The molecule has 0 fully saturated rings. The topological polar surface area (TPSA) is 76.2 Å². The van der Waals surface area contributed by atoms with E-state index < -0.39 is 16.9 Å². The van der Waals surface area contributed by atoms with Gasteiger partial charge in [-0.15, -0.1) is 0 Å². The predicted molar refractivity (Wildman–Crippen MR) is 59.8 cm³/mol. The molecule has 0 unspecified atom stereocenters. The van der Waals surface area contributed by atoms with Gasteiger partial charge in [0.2, 0.25) is 0 Å². The Morgan fingerprint density at radius 2 is 1.75 bits per heavy atom. The van der Waals surface area contributed by atoms with Crippen LogP contribution in [0.15, 0.2) is 0 Å². The Balaban J connectivity index is 5.66. The average molecular weight is 226 g/mol. The van der Waals surface area contributed by atoms with Crippen LogP contribution < -0.4 is 0 Å². The number of hydrogen-bond donors (Lipinski definition) is 0. The smallest absolute Gasteiger partial charge is 0.322 e. The van der Waals surface area contributed by atoms with Gasteiger partial charge in [0.1, 0.15) is 0 Å². The van der Waals surface area contributed by atoms with E-state index in [1.807, 2.05) is 0 Å². The highest BCUT2D eigenvalue weighted by Gasteiger charge is 2.43. The molecule has 0 saturated carbocycles. The average Bonchev–Trinajstić information content (AvgIpc) is 2.15. The maximum absolute atomic E-state index is 11.9. The largest absolute Gasteiger partial charge is 0.623 e. The summed E-state index contributed by atoms with van der Waals surface area (Å²) in [6.45, 7) is 8.00. The fourth-order valence-electron chi connectivity index (χ4n) is 1.13. The highest BCUT2D eigenvalue weighted by Crippen LogP contribution is 2.21. The van der Waals surface area contributed by atoms with E-state index in [4.69, 9.17) is 5.26 Å². The summed E-state index contributed by atoms with van der Waals surface area (Å²) in [5.41, 5.74) is -2.15. The molecule has 0 N–H and O–H groups in total. The van der Waals surface area contributed by atoms with Gasteiger partial charge in [0.25, 0.3) is 5.71 Å². The molecule has 0 aliphatic heterocycles. The molecule has 0 spiro atoms. The first-order valence-electron chi connectivity index (χ1n) is 4.92. The summed E-state index contributed by atoms with van der Waals surface area (Å²) in [6.07, 6.45) is 0. The van der Waals surface area contributed by atoms with Crippen LogP contribution in [0, 0.1) is 22.0 Å². The summed E-state index contributed by atoms with van der Waals surface area (Å²) in [7, 11) is 1.23. The van der Waals surface area contributed by atoms with Gasteiger partial charge < -0.3 is 9.94 Å². The maximum atomic E-state index is 11.9. The van der Waals surface area contributed by atoms with Crippen LogP contribution in [0.4, 0.5) is 0 Å². The molecule has 0 amide bonds. The highest BCUT2D eigenvalue weighted by atomic mass is 16.5. The minimum atomic E-state index is -1.24. The van der Waals surface area contributed by atoms with Gasteiger partial charge in [0, 0.05) is 20.8 Å².